The second kappa shape index (κ2) is 13.9. The number of hydrogen-bond donors (Lipinski definition) is 0. The van der Waals surface area contributed by atoms with Gasteiger partial charge in [0.25, 0.3) is 0 Å². The lowest BCUT2D eigenvalue weighted by atomic mass is 9.96. The van der Waals surface area contributed by atoms with Crippen molar-refractivity contribution in [2.24, 2.45) is 0 Å². The number of nitrogens with zero attached hydrogens (tertiary/aromatic N) is 1. The molecule has 0 atom stereocenters. The number of para-hydroxylation sites is 1. The maximum atomic E-state index is 6.44. The molecule has 0 fully saturated rings. The molecule has 0 saturated heterocycles. The fraction of sp³-hybridized carbons (Fsp3) is 0. The van der Waals surface area contributed by atoms with Crippen LogP contribution in [0.5, 0.6) is 0 Å². The molecule has 0 aliphatic carbocycles. The third-order valence-corrected chi connectivity index (χ3v) is 12.2. The molecule has 0 amide bonds. The summed E-state index contributed by atoms with van der Waals surface area (Å²) in [6.45, 7) is 0. The summed E-state index contributed by atoms with van der Waals surface area (Å²) in [5, 5.41) is 12.3. The molecular formula is C58H37NO. The van der Waals surface area contributed by atoms with Crippen molar-refractivity contribution in [2.75, 3.05) is 4.90 Å². The average Bonchev–Trinajstić information content (AvgIpc) is 3.71. The molecule has 0 unspecified atom stereocenters. The highest BCUT2D eigenvalue weighted by atomic mass is 16.3. The van der Waals surface area contributed by atoms with Crippen LogP contribution < -0.4 is 4.90 Å². The van der Waals surface area contributed by atoms with Crippen molar-refractivity contribution < 1.29 is 4.42 Å². The molecule has 1 heterocycles. The second-order valence-electron chi connectivity index (χ2n) is 15.7. The first-order chi connectivity index (χ1) is 29.7. The van der Waals surface area contributed by atoms with E-state index in [1.807, 2.05) is 6.07 Å². The first-order valence-corrected chi connectivity index (χ1v) is 20.6. The summed E-state index contributed by atoms with van der Waals surface area (Å²) in [7, 11) is 0. The summed E-state index contributed by atoms with van der Waals surface area (Å²) in [6, 6.07) is 81.3. The van der Waals surface area contributed by atoms with E-state index in [1.54, 1.807) is 0 Å². The lowest BCUT2D eigenvalue weighted by Gasteiger charge is -2.27. The number of anilines is 3. The Hall–Kier alpha value is -7.94. The van der Waals surface area contributed by atoms with Gasteiger partial charge in [-0.1, -0.05) is 170 Å². The number of hydrogen-bond acceptors (Lipinski definition) is 2. The molecule has 280 valence electrons. The Morgan fingerprint density at radius 3 is 1.32 bits per heavy atom. The van der Waals surface area contributed by atoms with Gasteiger partial charge in [-0.05, 0) is 131 Å². The number of fused-ring (bicyclic) bond motifs is 9. The molecule has 0 spiro atoms. The molecule has 12 aromatic rings. The maximum Gasteiger partial charge on any atom is 0.137 e. The summed E-state index contributed by atoms with van der Waals surface area (Å²) >= 11 is 0. The quantitative estimate of drug-likeness (QED) is 0.157. The van der Waals surface area contributed by atoms with Crippen molar-refractivity contribution in [3.8, 4) is 33.4 Å². The van der Waals surface area contributed by atoms with E-state index in [0.717, 1.165) is 55.7 Å². The Morgan fingerprint density at radius 1 is 0.267 bits per heavy atom. The highest BCUT2D eigenvalue weighted by Crippen LogP contribution is 2.45. The summed E-state index contributed by atoms with van der Waals surface area (Å²) in [5.74, 6) is 0. The fourth-order valence-electron chi connectivity index (χ4n) is 9.26. The number of benzene rings is 11. The molecule has 11 aromatic carbocycles. The Morgan fingerprint density at radius 2 is 0.700 bits per heavy atom. The van der Waals surface area contributed by atoms with Crippen LogP contribution >= 0.6 is 0 Å². The topological polar surface area (TPSA) is 16.4 Å². The smallest absolute Gasteiger partial charge is 0.137 e. The molecule has 0 aliphatic rings. The predicted molar refractivity (Wildman–Crippen MR) is 255 cm³/mol. The van der Waals surface area contributed by atoms with Crippen LogP contribution in [-0.2, 0) is 0 Å². The summed E-state index contributed by atoms with van der Waals surface area (Å²) in [4.78, 5) is 2.39. The first-order valence-electron chi connectivity index (χ1n) is 20.6. The largest absolute Gasteiger partial charge is 0.456 e. The van der Waals surface area contributed by atoms with Crippen molar-refractivity contribution in [3.63, 3.8) is 0 Å². The molecule has 0 aliphatic heterocycles. The normalized spacial score (nSPS) is 11.7. The van der Waals surface area contributed by atoms with Gasteiger partial charge in [0, 0.05) is 16.8 Å². The van der Waals surface area contributed by atoms with Gasteiger partial charge in [-0.2, -0.15) is 0 Å². The van der Waals surface area contributed by atoms with Crippen molar-refractivity contribution in [3.05, 3.63) is 224 Å². The number of furan rings is 1. The van der Waals surface area contributed by atoms with Gasteiger partial charge in [-0.3, -0.25) is 0 Å². The van der Waals surface area contributed by atoms with Gasteiger partial charge in [0.05, 0.1) is 11.1 Å². The van der Waals surface area contributed by atoms with E-state index < -0.39 is 0 Å². The zero-order chi connectivity index (χ0) is 39.6. The molecule has 0 bridgehead atoms. The van der Waals surface area contributed by atoms with Gasteiger partial charge in [0.1, 0.15) is 11.2 Å². The van der Waals surface area contributed by atoms with E-state index in [1.165, 1.54) is 59.8 Å². The summed E-state index contributed by atoms with van der Waals surface area (Å²) < 4.78 is 6.44. The second-order valence-corrected chi connectivity index (χ2v) is 15.7. The van der Waals surface area contributed by atoms with Crippen molar-refractivity contribution >= 4 is 82.1 Å². The minimum absolute atomic E-state index is 0.866. The van der Waals surface area contributed by atoms with Gasteiger partial charge < -0.3 is 9.32 Å². The van der Waals surface area contributed by atoms with E-state index in [2.05, 4.69) is 223 Å². The molecule has 60 heavy (non-hydrogen) atoms. The van der Waals surface area contributed by atoms with Crippen LogP contribution in [0.2, 0.25) is 0 Å². The van der Waals surface area contributed by atoms with Crippen molar-refractivity contribution in [1.82, 2.24) is 0 Å². The molecule has 2 heteroatoms. The average molecular weight is 764 g/mol. The Kier molecular flexibility index (Phi) is 7.89. The van der Waals surface area contributed by atoms with Crippen LogP contribution in [0, 0.1) is 0 Å². The van der Waals surface area contributed by atoms with Crippen molar-refractivity contribution in [1.29, 1.82) is 0 Å². The summed E-state index contributed by atoms with van der Waals surface area (Å²) in [6.07, 6.45) is 0. The van der Waals surface area contributed by atoms with Crippen molar-refractivity contribution in [2.45, 2.75) is 0 Å². The lowest BCUT2D eigenvalue weighted by Crippen LogP contribution is -2.10. The Balaban J connectivity index is 0.960. The minimum Gasteiger partial charge on any atom is -0.456 e. The van der Waals surface area contributed by atoms with Crippen LogP contribution in [0.4, 0.5) is 17.1 Å². The van der Waals surface area contributed by atoms with Crippen LogP contribution in [0.15, 0.2) is 229 Å². The van der Waals surface area contributed by atoms with Crippen LogP contribution in [0.1, 0.15) is 0 Å². The number of rotatable bonds is 6. The molecule has 12 rings (SSSR count). The van der Waals surface area contributed by atoms with E-state index in [-0.39, 0.29) is 0 Å². The van der Waals surface area contributed by atoms with Gasteiger partial charge >= 0.3 is 0 Å². The van der Waals surface area contributed by atoms with E-state index in [0.29, 0.717) is 0 Å². The highest BCUT2D eigenvalue weighted by Gasteiger charge is 2.20. The van der Waals surface area contributed by atoms with Crippen LogP contribution in [0.25, 0.3) is 98.4 Å². The van der Waals surface area contributed by atoms with Gasteiger partial charge in [0.15, 0.2) is 0 Å². The molecule has 0 saturated carbocycles. The first kappa shape index (κ1) is 34.1. The molecule has 1 aromatic heterocycles. The summed E-state index contributed by atoms with van der Waals surface area (Å²) in [5.41, 5.74) is 12.0. The van der Waals surface area contributed by atoms with Crippen LogP contribution in [-0.4, -0.2) is 0 Å². The van der Waals surface area contributed by atoms with E-state index in [9.17, 15) is 0 Å². The zero-order valence-corrected chi connectivity index (χ0v) is 32.7. The third-order valence-electron chi connectivity index (χ3n) is 12.2. The predicted octanol–water partition coefficient (Wildman–Crippen LogP) is 16.7. The SMILES string of the molecule is c1cc(-c2ccc(-c3ccc4c(ccc5ccccc54)c3)cc2)cc(N(c2cccc(-c3ccc4c(ccc5ccccc54)c3)c2)c2cccc3oc4ccccc4c23)c1. The molecule has 2 nitrogen and oxygen atoms in total. The van der Waals surface area contributed by atoms with Gasteiger partial charge in [0.2, 0.25) is 0 Å². The van der Waals surface area contributed by atoms with Gasteiger partial charge in [-0.15, -0.1) is 0 Å². The lowest BCUT2D eigenvalue weighted by molar-refractivity contribution is 0.669. The third kappa shape index (κ3) is 5.73. The Labute approximate surface area is 347 Å². The minimum atomic E-state index is 0.866. The van der Waals surface area contributed by atoms with Gasteiger partial charge in [-0.25, -0.2) is 0 Å². The van der Waals surface area contributed by atoms with E-state index in [4.69, 9.17) is 4.42 Å². The van der Waals surface area contributed by atoms with E-state index >= 15 is 0 Å². The Bertz CT molecular complexity index is 3610. The zero-order valence-electron chi connectivity index (χ0n) is 32.7. The highest BCUT2D eigenvalue weighted by molar-refractivity contribution is 6.14. The molecular weight excluding hydrogens is 727 g/mol. The van der Waals surface area contributed by atoms with Crippen LogP contribution in [0.3, 0.4) is 0 Å². The monoisotopic (exact) mass is 763 g/mol. The molecule has 0 N–H and O–H groups in total. The standard InChI is InChI=1S/C58H37NO/c1-3-16-50-40(10-1)26-28-46-34-44(30-32-52(46)50)39-24-22-38(23-25-39)42-12-7-14-48(36-42)59(55-19-9-21-57-58(55)54-18-5-6-20-56(54)60-57)49-15-8-13-43(37-49)45-31-33-53-47(35-45)29-27-41-11-2-4-17-51(41)53/h1-37H. The fourth-order valence-corrected chi connectivity index (χ4v) is 9.26. The molecule has 0 radical (unpaired) electrons. The maximum absolute atomic E-state index is 6.44.